The highest BCUT2D eigenvalue weighted by Gasteiger charge is 2.30. The Morgan fingerprint density at radius 3 is 2.45 bits per heavy atom. The van der Waals surface area contributed by atoms with Crippen LogP contribution in [-0.4, -0.2) is 41.9 Å². The molecular formula is C24H33NO4. The summed E-state index contributed by atoms with van der Waals surface area (Å²) in [7, 11) is 0. The van der Waals surface area contributed by atoms with Crippen LogP contribution < -0.4 is 9.47 Å². The van der Waals surface area contributed by atoms with Gasteiger partial charge in [-0.25, -0.2) is 0 Å². The van der Waals surface area contributed by atoms with Crippen molar-refractivity contribution in [2.45, 2.75) is 60.0 Å². The summed E-state index contributed by atoms with van der Waals surface area (Å²) in [4.78, 5) is 26.2. The molecule has 158 valence electrons. The number of hydrogen-bond acceptors (Lipinski definition) is 4. The Morgan fingerprint density at radius 2 is 1.86 bits per heavy atom. The molecule has 5 heteroatoms. The maximum absolute atomic E-state index is 12.4. The maximum Gasteiger partial charge on any atom is 0.260 e. The Morgan fingerprint density at radius 1 is 1.17 bits per heavy atom. The number of amides is 1. The van der Waals surface area contributed by atoms with E-state index in [1.807, 2.05) is 32.1 Å². The van der Waals surface area contributed by atoms with Gasteiger partial charge in [0.25, 0.3) is 5.91 Å². The van der Waals surface area contributed by atoms with Crippen molar-refractivity contribution in [3.05, 3.63) is 41.0 Å². The molecule has 29 heavy (non-hydrogen) atoms. The lowest BCUT2D eigenvalue weighted by molar-refractivity contribution is -0.133. The Labute approximate surface area is 174 Å². The lowest BCUT2D eigenvalue weighted by Crippen LogP contribution is -2.35. The minimum Gasteiger partial charge on any atom is -0.483 e. The van der Waals surface area contributed by atoms with Crippen molar-refractivity contribution < 1.29 is 19.1 Å². The summed E-state index contributed by atoms with van der Waals surface area (Å²) in [5.74, 6) is 0.873. The highest BCUT2D eigenvalue weighted by molar-refractivity contribution is 5.99. The molecular weight excluding hydrogens is 366 g/mol. The minimum absolute atomic E-state index is 0.102. The Kier molecular flexibility index (Phi) is 7.66. The summed E-state index contributed by atoms with van der Waals surface area (Å²) >= 11 is 0. The van der Waals surface area contributed by atoms with Crippen molar-refractivity contribution >= 4 is 17.8 Å². The number of allylic oxidation sites excluding steroid dienone is 2. The molecule has 0 radical (unpaired) electrons. The van der Waals surface area contributed by atoms with Crippen LogP contribution in [0.4, 0.5) is 0 Å². The molecule has 0 saturated carbocycles. The zero-order valence-electron chi connectivity index (χ0n) is 18.5. The fraction of sp³-hybridized carbons (Fsp3) is 0.500. The molecule has 1 atom stereocenters. The molecule has 1 aromatic carbocycles. The number of rotatable bonds is 9. The van der Waals surface area contributed by atoms with Gasteiger partial charge in [0, 0.05) is 13.1 Å². The summed E-state index contributed by atoms with van der Waals surface area (Å²) in [6.07, 6.45) is 7.93. The molecule has 1 aromatic rings. The summed E-state index contributed by atoms with van der Waals surface area (Å²) < 4.78 is 12.1. The lowest BCUT2D eigenvalue weighted by atomic mass is 9.93. The second-order valence-corrected chi connectivity index (χ2v) is 7.83. The molecule has 0 spiro atoms. The Hall–Kier alpha value is -2.56. The summed E-state index contributed by atoms with van der Waals surface area (Å²) in [6.45, 7) is 12.7. The first-order valence-electron chi connectivity index (χ1n) is 10.3. The van der Waals surface area contributed by atoms with Gasteiger partial charge in [0.15, 0.2) is 12.4 Å². The van der Waals surface area contributed by atoms with E-state index in [2.05, 4.69) is 26.8 Å². The van der Waals surface area contributed by atoms with E-state index in [-0.39, 0.29) is 18.3 Å². The van der Waals surface area contributed by atoms with Crippen LogP contribution in [0.1, 0.15) is 70.3 Å². The molecule has 1 aliphatic rings. The van der Waals surface area contributed by atoms with Crippen molar-refractivity contribution in [3.8, 4) is 11.5 Å². The largest absolute Gasteiger partial charge is 0.483 e. The quantitative estimate of drug-likeness (QED) is 0.431. The third-order valence-corrected chi connectivity index (χ3v) is 5.13. The predicted molar refractivity (Wildman–Crippen MR) is 117 cm³/mol. The first-order valence-corrected chi connectivity index (χ1v) is 10.3. The van der Waals surface area contributed by atoms with Gasteiger partial charge >= 0.3 is 0 Å². The maximum atomic E-state index is 12.4. The Bertz CT molecular complexity index is 816. The van der Waals surface area contributed by atoms with Crippen LogP contribution >= 0.6 is 0 Å². The first-order chi connectivity index (χ1) is 13.7. The van der Waals surface area contributed by atoms with Crippen molar-refractivity contribution in [1.29, 1.82) is 0 Å². The number of likely N-dealkylation sites (N-methyl/N-ethyl adjacent to an activating group) is 1. The van der Waals surface area contributed by atoms with E-state index < -0.39 is 5.60 Å². The number of benzene rings is 1. The average Bonchev–Trinajstić information content (AvgIpc) is 2.66. The van der Waals surface area contributed by atoms with Crippen LogP contribution in [0.5, 0.6) is 11.5 Å². The van der Waals surface area contributed by atoms with Crippen molar-refractivity contribution in [2.24, 2.45) is 0 Å². The normalized spacial score (nSPS) is 17.2. The second kappa shape index (κ2) is 9.77. The smallest absolute Gasteiger partial charge is 0.260 e. The third-order valence-electron chi connectivity index (χ3n) is 5.13. The van der Waals surface area contributed by atoms with Crippen LogP contribution in [0.3, 0.4) is 0 Å². The molecule has 0 fully saturated rings. The highest BCUT2D eigenvalue weighted by atomic mass is 16.5. The van der Waals surface area contributed by atoms with Gasteiger partial charge in [-0.1, -0.05) is 11.6 Å². The number of nitrogens with zero attached hydrogens (tertiary/aromatic N) is 1. The zero-order chi connectivity index (χ0) is 21.6. The number of hydrogen-bond donors (Lipinski definition) is 0. The van der Waals surface area contributed by atoms with Crippen molar-refractivity contribution in [3.63, 3.8) is 0 Å². The van der Waals surface area contributed by atoms with Crippen molar-refractivity contribution in [1.82, 2.24) is 4.90 Å². The number of carbonyl (C=O) groups is 2. The van der Waals surface area contributed by atoms with Crippen LogP contribution in [0, 0.1) is 0 Å². The van der Waals surface area contributed by atoms with E-state index in [9.17, 15) is 9.59 Å². The number of carbonyl (C=O) groups excluding carboxylic acids is 2. The van der Waals surface area contributed by atoms with Crippen LogP contribution in [0.2, 0.25) is 0 Å². The first kappa shape index (κ1) is 22.7. The lowest BCUT2D eigenvalue weighted by Gasteiger charge is -2.32. The summed E-state index contributed by atoms with van der Waals surface area (Å²) in [6, 6.07) is 3.53. The molecule has 5 nitrogen and oxygen atoms in total. The van der Waals surface area contributed by atoms with Gasteiger partial charge in [-0.15, -0.1) is 0 Å². The van der Waals surface area contributed by atoms with Gasteiger partial charge in [0.05, 0.1) is 11.1 Å². The third kappa shape index (κ3) is 5.72. The van der Waals surface area contributed by atoms with Gasteiger partial charge in [-0.05, 0) is 78.7 Å². The van der Waals surface area contributed by atoms with Gasteiger partial charge in [0.1, 0.15) is 17.1 Å². The number of fused-ring (bicyclic) bond motifs is 1. The van der Waals surface area contributed by atoms with E-state index in [4.69, 9.17) is 9.47 Å². The van der Waals surface area contributed by atoms with Gasteiger partial charge in [-0.2, -0.15) is 0 Å². The molecule has 0 aliphatic carbocycles. The zero-order valence-corrected chi connectivity index (χ0v) is 18.5. The topological polar surface area (TPSA) is 55.8 Å². The van der Waals surface area contributed by atoms with Crippen LogP contribution in [0.15, 0.2) is 29.9 Å². The molecule has 1 heterocycles. The number of ether oxygens (including phenoxy) is 2. The predicted octanol–water partition coefficient (Wildman–Crippen LogP) is 5.05. The van der Waals surface area contributed by atoms with Gasteiger partial charge < -0.3 is 14.4 Å². The van der Waals surface area contributed by atoms with E-state index in [1.165, 1.54) is 12.5 Å². The fourth-order valence-electron chi connectivity index (χ4n) is 3.39. The summed E-state index contributed by atoms with van der Waals surface area (Å²) in [5.41, 5.74) is 2.03. The fourth-order valence-corrected chi connectivity index (χ4v) is 3.39. The molecule has 0 N–H and O–H groups in total. The highest BCUT2D eigenvalue weighted by Crippen LogP contribution is 2.40. The van der Waals surface area contributed by atoms with Crippen LogP contribution in [0.25, 0.3) is 6.08 Å². The standard InChI is InChI=1S/C24H33NO4/c1-7-25(8-2)22(27)16-28-23-19(18(5)26)11-12-21-20(23)13-15-24(6,29-21)14-9-10-17(3)4/h10-13,15H,7-9,14,16H2,1-6H3. The molecule has 0 aromatic heterocycles. The molecule has 1 aliphatic heterocycles. The SMILES string of the molecule is CCN(CC)C(=O)COc1c(C(C)=O)ccc2c1C=CC(C)(CCC=C(C)C)O2. The molecule has 1 amide bonds. The van der Waals surface area contributed by atoms with Gasteiger partial charge in [0.2, 0.25) is 0 Å². The van der Waals surface area contributed by atoms with Gasteiger partial charge in [-0.3, -0.25) is 9.59 Å². The van der Waals surface area contributed by atoms with E-state index >= 15 is 0 Å². The number of Topliss-reactive ketones (excluding diaryl/α,β-unsaturated/α-hetero) is 1. The Balaban J connectivity index is 2.28. The summed E-state index contributed by atoms with van der Waals surface area (Å²) in [5, 5.41) is 0. The number of ketones is 1. The minimum atomic E-state index is -0.426. The van der Waals surface area contributed by atoms with E-state index in [1.54, 1.807) is 11.0 Å². The molecule has 1 unspecified atom stereocenters. The molecule has 0 saturated heterocycles. The average molecular weight is 400 g/mol. The molecule has 2 rings (SSSR count). The monoisotopic (exact) mass is 399 g/mol. The molecule has 0 bridgehead atoms. The van der Waals surface area contributed by atoms with Crippen LogP contribution in [-0.2, 0) is 4.79 Å². The van der Waals surface area contributed by atoms with E-state index in [0.29, 0.717) is 35.7 Å². The van der Waals surface area contributed by atoms with Crippen molar-refractivity contribution in [2.75, 3.05) is 19.7 Å². The van der Waals surface area contributed by atoms with E-state index in [0.717, 1.165) is 12.8 Å². The second-order valence-electron chi connectivity index (χ2n) is 7.83.